The minimum absolute atomic E-state index is 0.621. The second kappa shape index (κ2) is 3.84. The van der Waals surface area contributed by atoms with E-state index in [2.05, 4.69) is 58.0 Å². The third kappa shape index (κ3) is 1.73. The molecular weight excluding hydrogens is 180 g/mol. The summed E-state index contributed by atoms with van der Waals surface area (Å²) in [5, 5.41) is 0. The average Bonchev–Trinajstić information content (AvgIpc) is 2.59. The maximum atomic E-state index is 2.36. The minimum Gasteiger partial charge on any atom is -0.0761 e. The summed E-state index contributed by atoms with van der Waals surface area (Å²) in [5.74, 6) is 1.94. The first-order chi connectivity index (χ1) is 7.11. The molecule has 80 valence electrons. The molecule has 1 aromatic rings. The Morgan fingerprint density at radius 2 is 1.80 bits per heavy atom. The predicted octanol–water partition coefficient (Wildman–Crippen LogP) is 4.58. The van der Waals surface area contributed by atoms with Crippen molar-refractivity contribution in [3.8, 4) is 0 Å². The molecular formula is C15H20. The first-order valence-corrected chi connectivity index (χ1v) is 5.92. The number of rotatable bonds is 2. The van der Waals surface area contributed by atoms with Crippen LogP contribution in [0.2, 0.25) is 0 Å². The highest BCUT2D eigenvalue weighted by molar-refractivity contribution is 5.66. The molecule has 0 N–H and O–H groups in total. The standard InChI is InChI=1S/C15H20/c1-10(2)12-6-5-7-14-13(11(3)4)8-9-15(12)14/h5-11,13H,1-4H3. The van der Waals surface area contributed by atoms with Gasteiger partial charge in [-0.15, -0.1) is 0 Å². The van der Waals surface area contributed by atoms with Crippen molar-refractivity contribution in [3.63, 3.8) is 0 Å². The highest BCUT2D eigenvalue weighted by Gasteiger charge is 2.22. The van der Waals surface area contributed by atoms with Gasteiger partial charge < -0.3 is 0 Å². The van der Waals surface area contributed by atoms with Crippen molar-refractivity contribution >= 4 is 6.08 Å². The van der Waals surface area contributed by atoms with E-state index in [0.717, 1.165) is 0 Å². The maximum Gasteiger partial charge on any atom is 0.00503 e. The van der Waals surface area contributed by atoms with Crippen LogP contribution in [0.3, 0.4) is 0 Å². The number of benzene rings is 1. The van der Waals surface area contributed by atoms with Crippen molar-refractivity contribution in [3.05, 3.63) is 41.0 Å². The molecule has 1 aromatic carbocycles. The van der Waals surface area contributed by atoms with Gasteiger partial charge in [0.25, 0.3) is 0 Å². The zero-order valence-electron chi connectivity index (χ0n) is 10.1. The van der Waals surface area contributed by atoms with Gasteiger partial charge in [0.05, 0.1) is 0 Å². The highest BCUT2D eigenvalue weighted by Crippen LogP contribution is 2.38. The van der Waals surface area contributed by atoms with Crippen molar-refractivity contribution in [2.45, 2.75) is 39.5 Å². The van der Waals surface area contributed by atoms with E-state index in [-0.39, 0.29) is 0 Å². The number of hydrogen-bond acceptors (Lipinski definition) is 0. The van der Waals surface area contributed by atoms with Crippen LogP contribution >= 0.6 is 0 Å². The lowest BCUT2D eigenvalue weighted by Gasteiger charge is -2.17. The summed E-state index contributed by atoms with van der Waals surface area (Å²) in [5.41, 5.74) is 4.49. The molecule has 0 bridgehead atoms. The third-order valence-electron chi connectivity index (χ3n) is 3.34. The molecule has 15 heavy (non-hydrogen) atoms. The first kappa shape index (κ1) is 10.5. The molecule has 0 saturated heterocycles. The second-order valence-corrected chi connectivity index (χ2v) is 5.13. The molecule has 1 unspecified atom stereocenters. The number of hydrogen-bond donors (Lipinski definition) is 0. The molecule has 2 rings (SSSR count). The zero-order valence-corrected chi connectivity index (χ0v) is 10.1. The Morgan fingerprint density at radius 1 is 1.07 bits per heavy atom. The lowest BCUT2D eigenvalue weighted by molar-refractivity contribution is 0.584. The van der Waals surface area contributed by atoms with Crippen molar-refractivity contribution in [1.29, 1.82) is 0 Å². The molecule has 0 spiro atoms. The molecule has 0 radical (unpaired) electrons. The van der Waals surface area contributed by atoms with Crippen LogP contribution in [0, 0.1) is 5.92 Å². The van der Waals surface area contributed by atoms with Crippen LogP contribution in [0.1, 0.15) is 56.2 Å². The summed E-state index contributed by atoms with van der Waals surface area (Å²) >= 11 is 0. The molecule has 1 aliphatic carbocycles. The Bertz CT molecular complexity index is 383. The monoisotopic (exact) mass is 200 g/mol. The Morgan fingerprint density at radius 3 is 2.40 bits per heavy atom. The van der Waals surface area contributed by atoms with Crippen LogP contribution in [0.25, 0.3) is 6.08 Å². The molecule has 0 saturated carbocycles. The van der Waals surface area contributed by atoms with E-state index in [9.17, 15) is 0 Å². The van der Waals surface area contributed by atoms with Crippen LogP contribution in [0.5, 0.6) is 0 Å². The fraction of sp³-hybridized carbons (Fsp3) is 0.467. The van der Waals surface area contributed by atoms with Gasteiger partial charge in [0.1, 0.15) is 0 Å². The second-order valence-electron chi connectivity index (χ2n) is 5.13. The highest BCUT2D eigenvalue weighted by atomic mass is 14.3. The molecule has 1 atom stereocenters. The zero-order chi connectivity index (χ0) is 11.0. The van der Waals surface area contributed by atoms with Crippen LogP contribution in [0.15, 0.2) is 24.3 Å². The summed E-state index contributed by atoms with van der Waals surface area (Å²) in [4.78, 5) is 0. The summed E-state index contributed by atoms with van der Waals surface area (Å²) in [6.07, 6.45) is 4.68. The van der Waals surface area contributed by atoms with Gasteiger partial charge in [0, 0.05) is 5.92 Å². The van der Waals surface area contributed by atoms with E-state index in [1.807, 2.05) is 0 Å². The molecule has 0 nitrogen and oxygen atoms in total. The molecule has 0 heterocycles. The van der Waals surface area contributed by atoms with Gasteiger partial charge in [-0.05, 0) is 28.5 Å². The number of allylic oxidation sites excluding steroid dienone is 1. The SMILES string of the molecule is CC(C)c1cccc2c1C=CC2C(C)C. The van der Waals surface area contributed by atoms with Crippen LogP contribution in [0.4, 0.5) is 0 Å². The van der Waals surface area contributed by atoms with Crippen LogP contribution in [-0.2, 0) is 0 Å². The van der Waals surface area contributed by atoms with E-state index in [4.69, 9.17) is 0 Å². The average molecular weight is 200 g/mol. The Labute approximate surface area is 93.0 Å². The summed E-state index contributed by atoms with van der Waals surface area (Å²) in [6, 6.07) is 6.75. The van der Waals surface area contributed by atoms with E-state index < -0.39 is 0 Å². The molecule has 0 fully saturated rings. The molecule has 1 aliphatic rings. The first-order valence-electron chi connectivity index (χ1n) is 5.92. The van der Waals surface area contributed by atoms with E-state index in [1.165, 1.54) is 16.7 Å². The largest absolute Gasteiger partial charge is 0.0761 e. The van der Waals surface area contributed by atoms with Gasteiger partial charge in [0.2, 0.25) is 0 Å². The van der Waals surface area contributed by atoms with Crippen molar-refractivity contribution in [2.24, 2.45) is 5.92 Å². The smallest absolute Gasteiger partial charge is 0.00503 e. The van der Waals surface area contributed by atoms with Crippen LogP contribution < -0.4 is 0 Å². The van der Waals surface area contributed by atoms with E-state index in [0.29, 0.717) is 17.8 Å². The molecule has 0 amide bonds. The van der Waals surface area contributed by atoms with Gasteiger partial charge in [-0.3, -0.25) is 0 Å². The molecule has 0 heteroatoms. The Kier molecular flexibility index (Phi) is 2.68. The lowest BCUT2D eigenvalue weighted by atomic mass is 9.87. The summed E-state index contributed by atoms with van der Waals surface area (Å²) in [7, 11) is 0. The fourth-order valence-electron chi connectivity index (χ4n) is 2.47. The third-order valence-corrected chi connectivity index (χ3v) is 3.34. The minimum atomic E-state index is 0.621. The predicted molar refractivity (Wildman–Crippen MR) is 67.1 cm³/mol. The van der Waals surface area contributed by atoms with Crippen molar-refractivity contribution in [1.82, 2.24) is 0 Å². The van der Waals surface area contributed by atoms with Gasteiger partial charge >= 0.3 is 0 Å². The van der Waals surface area contributed by atoms with Gasteiger partial charge in [-0.25, -0.2) is 0 Å². The topological polar surface area (TPSA) is 0 Å². The Hall–Kier alpha value is -1.04. The Balaban J connectivity index is 2.48. The number of fused-ring (bicyclic) bond motifs is 1. The van der Waals surface area contributed by atoms with Gasteiger partial charge in [-0.2, -0.15) is 0 Å². The van der Waals surface area contributed by atoms with Crippen molar-refractivity contribution < 1.29 is 0 Å². The summed E-state index contributed by atoms with van der Waals surface area (Å²) < 4.78 is 0. The van der Waals surface area contributed by atoms with Crippen molar-refractivity contribution in [2.75, 3.05) is 0 Å². The van der Waals surface area contributed by atoms with Crippen LogP contribution in [-0.4, -0.2) is 0 Å². The normalized spacial score (nSPS) is 18.9. The molecule has 0 aromatic heterocycles. The fourth-order valence-corrected chi connectivity index (χ4v) is 2.47. The summed E-state index contributed by atoms with van der Waals surface area (Å²) in [6.45, 7) is 9.14. The maximum absolute atomic E-state index is 2.36. The van der Waals surface area contributed by atoms with Gasteiger partial charge in [-0.1, -0.05) is 58.0 Å². The van der Waals surface area contributed by atoms with E-state index in [1.54, 1.807) is 0 Å². The quantitative estimate of drug-likeness (QED) is 0.655. The van der Waals surface area contributed by atoms with Gasteiger partial charge in [0.15, 0.2) is 0 Å². The lowest BCUT2D eigenvalue weighted by Crippen LogP contribution is -2.03. The molecule has 0 aliphatic heterocycles. The van der Waals surface area contributed by atoms with E-state index >= 15 is 0 Å².